The Morgan fingerprint density at radius 1 is 1.38 bits per heavy atom. The van der Waals surface area contributed by atoms with Crippen LogP contribution in [0.5, 0.6) is 0 Å². The summed E-state index contributed by atoms with van der Waals surface area (Å²) < 4.78 is 1.41. The van der Waals surface area contributed by atoms with Crippen molar-refractivity contribution in [3.63, 3.8) is 0 Å². The molecule has 0 unspecified atom stereocenters. The molecule has 0 saturated heterocycles. The van der Waals surface area contributed by atoms with E-state index in [1.165, 1.54) is 10.0 Å². The first-order valence-electron chi connectivity index (χ1n) is 4.18. The molecule has 0 atom stereocenters. The van der Waals surface area contributed by atoms with Crippen LogP contribution < -0.4 is 0 Å². The van der Waals surface area contributed by atoms with Crippen LogP contribution in [0.2, 0.25) is 0 Å². The van der Waals surface area contributed by atoms with Gasteiger partial charge in [-0.2, -0.15) is 0 Å². The van der Waals surface area contributed by atoms with Gasteiger partial charge in [0, 0.05) is 0 Å². The van der Waals surface area contributed by atoms with E-state index in [1.807, 2.05) is 6.92 Å². The maximum absolute atomic E-state index is 3.96. The fourth-order valence-electron chi connectivity index (χ4n) is 1.02. The average molecular weight is 237 g/mol. The summed E-state index contributed by atoms with van der Waals surface area (Å²) in [5.74, 6) is 0. The fourth-order valence-corrected chi connectivity index (χ4v) is 2.84. The van der Waals surface area contributed by atoms with Gasteiger partial charge in [0.05, 0.1) is 0 Å². The van der Waals surface area contributed by atoms with Crippen LogP contribution in [0.4, 0.5) is 0 Å². The third-order valence-corrected chi connectivity index (χ3v) is 3.52. The van der Waals surface area contributed by atoms with Crippen molar-refractivity contribution >= 4 is 26.2 Å². The molecular formula is C12H14Se. The van der Waals surface area contributed by atoms with Crippen LogP contribution in [0, 0.1) is 0 Å². The third kappa shape index (κ3) is 2.87. The van der Waals surface area contributed by atoms with Gasteiger partial charge in [-0.15, -0.1) is 0 Å². The Balaban J connectivity index is 2.95. The molecule has 0 aliphatic rings. The Morgan fingerprint density at radius 2 is 2.08 bits per heavy atom. The number of hydrogen-bond acceptors (Lipinski definition) is 0. The van der Waals surface area contributed by atoms with E-state index < -0.39 is 0 Å². The Bertz CT molecular complexity index is 353. The molecule has 1 heteroatoms. The zero-order valence-corrected chi connectivity index (χ0v) is 9.84. The van der Waals surface area contributed by atoms with Gasteiger partial charge in [0.1, 0.15) is 0 Å². The number of allylic oxidation sites excluding steroid dienone is 3. The fraction of sp³-hybridized carbons (Fsp3) is 0.167. The molecule has 0 radical (unpaired) electrons. The van der Waals surface area contributed by atoms with Crippen molar-refractivity contribution in [1.29, 1.82) is 0 Å². The summed E-state index contributed by atoms with van der Waals surface area (Å²) in [5, 5.41) is 0. The van der Waals surface area contributed by atoms with E-state index in [1.54, 1.807) is 0 Å². The number of rotatable bonds is 3. The zero-order valence-electron chi connectivity index (χ0n) is 8.13. The second-order valence-corrected chi connectivity index (χ2v) is 5.15. The monoisotopic (exact) mass is 238 g/mol. The Hall–Kier alpha value is -0.781. The molecule has 0 nitrogen and oxygen atoms in total. The van der Waals surface area contributed by atoms with Crippen LogP contribution >= 0.6 is 0 Å². The van der Waals surface area contributed by atoms with Crippen molar-refractivity contribution in [2.75, 3.05) is 0 Å². The van der Waals surface area contributed by atoms with Gasteiger partial charge in [0.2, 0.25) is 0 Å². The van der Waals surface area contributed by atoms with E-state index in [-0.39, 0.29) is 0 Å². The Morgan fingerprint density at radius 3 is 2.62 bits per heavy atom. The molecule has 1 heterocycles. The van der Waals surface area contributed by atoms with E-state index in [4.69, 9.17) is 0 Å². The molecule has 1 aromatic heterocycles. The summed E-state index contributed by atoms with van der Waals surface area (Å²) in [7, 11) is 0. The van der Waals surface area contributed by atoms with Crippen LogP contribution in [0.3, 0.4) is 0 Å². The van der Waals surface area contributed by atoms with E-state index in [9.17, 15) is 0 Å². The van der Waals surface area contributed by atoms with E-state index in [0.717, 1.165) is 11.1 Å². The Kier molecular flexibility index (Phi) is 3.53. The summed E-state index contributed by atoms with van der Waals surface area (Å²) in [6, 6.07) is 2.17. The van der Waals surface area contributed by atoms with Crippen LogP contribution in [0.15, 0.2) is 35.8 Å². The van der Waals surface area contributed by atoms with Crippen LogP contribution in [0.25, 0.3) is 11.6 Å². The Labute approximate surface area is 86.0 Å². The first-order chi connectivity index (χ1) is 6.11. The summed E-state index contributed by atoms with van der Waals surface area (Å²) in [5.41, 5.74) is 3.55. The van der Waals surface area contributed by atoms with Gasteiger partial charge in [0.15, 0.2) is 0 Å². The van der Waals surface area contributed by atoms with Gasteiger partial charge in [-0.25, -0.2) is 0 Å². The molecule has 0 amide bonds. The van der Waals surface area contributed by atoms with Crippen LogP contribution in [-0.4, -0.2) is 14.5 Å². The molecule has 1 rings (SSSR count). The standard InChI is InChI=1S/C12H14Se/c1-9(2)5-6-12-11(10(3)4)7-8-13-12/h5-8H,1,3H2,2,4H3/b6-5+. The SMILES string of the molecule is C=C(C)/C=C/c1[se]ccc1C(=C)C. The topological polar surface area (TPSA) is 0 Å². The van der Waals surface area contributed by atoms with Crippen LogP contribution in [0.1, 0.15) is 23.8 Å². The first-order valence-corrected chi connectivity index (χ1v) is 6.03. The summed E-state index contributed by atoms with van der Waals surface area (Å²) in [4.78, 5) is 2.23. The van der Waals surface area contributed by atoms with Gasteiger partial charge >= 0.3 is 85.8 Å². The van der Waals surface area contributed by atoms with Crippen molar-refractivity contribution < 1.29 is 0 Å². The maximum atomic E-state index is 3.96. The quantitative estimate of drug-likeness (QED) is 0.558. The third-order valence-electron chi connectivity index (χ3n) is 1.67. The predicted molar refractivity (Wildman–Crippen MR) is 61.9 cm³/mol. The van der Waals surface area contributed by atoms with Gasteiger partial charge in [-0.3, -0.25) is 0 Å². The second kappa shape index (κ2) is 4.45. The van der Waals surface area contributed by atoms with Crippen molar-refractivity contribution in [1.82, 2.24) is 0 Å². The van der Waals surface area contributed by atoms with Crippen molar-refractivity contribution in [3.8, 4) is 0 Å². The molecule has 0 aliphatic carbocycles. The summed E-state index contributed by atoms with van der Waals surface area (Å²) in [6.07, 6.45) is 4.22. The zero-order chi connectivity index (χ0) is 9.84. The molecule has 0 spiro atoms. The van der Waals surface area contributed by atoms with Gasteiger partial charge in [0.25, 0.3) is 0 Å². The van der Waals surface area contributed by atoms with Gasteiger partial charge < -0.3 is 0 Å². The average Bonchev–Trinajstić information content (AvgIpc) is 2.47. The van der Waals surface area contributed by atoms with Crippen molar-refractivity contribution in [2.45, 2.75) is 13.8 Å². The van der Waals surface area contributed by atoms with Crippen LogP contribution in [-0.2, 0) is 0 Å². The normalized spacial score (nSPS) is 10.6. The van der Waals surface area contributed by atoms with E-state index in [2.05, 4.69) is 43.2 Å². The number of hydrogen-bond donors (Lipinski definition) is 0. The minimum absolute atomic E-state index is 0.486. The van der Waals surface area contributed by atoms with E-state index in [0.29, 0.717) is 14.5 Å². The second-order valence-electron chi connectivity index (χ2n) is 3.16. The molecular weight excluding hydrogens is 223 g/mol. The molecule has 68 valence electrons. The molecule has 13 heavy (non-hydrogen) atoms. The molecule has 0 saturated carbocycles. The van der Waals surface area contributed by atoms with Crippen molar-refractivity contribution in [2.24, 2.45) is 0 Å². The molecule has 0 fully saturated rings. The van der Waals surface area contributed by atoms with E-state index >= 15 is 0 Å². The first kappa shape index (κ1) is 10.3. The summed E-state index contributed by atoms with van der Waals surface area (Å²) >= 11 is 0.486. The van der Waals surface area contributed by atoms with Crippen molar-refractivity contribution in [3.05, 3.63) is 45.8 Å². The molecule has 0 bridgehead atoms. The minimum atomic E-state index is 0.486. The molecule has 0 aliphatic heterocycles. The summed E-state index contributed by atoms with van der Waals surface area (Å²) in [6.45, 7) is 11.9. The molecule has 0 N–H and O–H groups in total. The molecule has 0 aromatic carbocycles. The van der Waals surface area contributed by atoms with Gasteiger partial charge in [-0.05, 0) is 0 Å². The van der Waals surface area contributed by atoms with Gasteiger partial charge in [-0.1, -0.05) is 0 Å². The molecule has 1 aromatic rings. The predicted octanol–water partition coefficient (Wildman–Crippen LogP) is 3.37.